The van der Waals surface area contributed by atoms with Crippen LogP contribution in [0.25, 0.3) is 11.4 Å². The maximum Gasteiger partial charge on any atom is 0.230 e. The van der Waals surface area contributed by atoms with Crippen molar-refractivity contribution in [3.05, 3.63) is 63.6 Å². The molecule has 9 heteroatoms. The number of nitrogens with one attached hydrogen (secondary N) is 1. The van der Waals surface area contributed by atoms with E-state index in [-0.39, 0.29) is 17.7 Å². The Morgan fingerprint density at radius 3 is 2.90 bits per heavy atom. The summed E-state index contributed by atoms with van der Waals surface area (Å²) in [7, 11) is 0. The Labute approximate surface area is 182 Å². The Kier molecular flexibility index (Phi) is 5.99. The third kappa shape index (κ3) is 4.37. The van der Waals surface area contributed by atoms with E-state index in [2.05, 4.69) is 27.6 Å². The van der Waals surface area contributed by atoms with E-state index >= 15 is 0 Å². The van der Waals surface area contributed by atoms with Crippen molar-refractivity contribution in [3.63, 3.8) is 0 Å². The number of aryl methyl sites for hydroxylation is 1. The molecule has 0 saturated heterocycles. The lowest BCUT2D eigenvalue weighted by atomic mass is 9.88. The summed E-state index contributed by atoms with van der Waals surface area (Å²) >= 11 is 13.4. The molecule has 6 nitrogen and oxygen atoms in total. The molecule has 0 aliphatic heterocycles. The van der Waals surface area contributed by atoms with Gasteiger partial charge in [-0.1, -0.05) is 59.2 Å². The molecule has 1 atom stereocenters. The highest BCUT2D eigenvalue weighted by Gasteiger charge is 2.22. The van der Waals surface area contributed by atoms with E-state index < -0.39 is 0 Å². The molecule has 0 bridgehead atoms. The fraction of sp³-hybridized carbons (Fsp3) is 0.250. The number of aromatic nitrogens is 3. The van der Waals surface area contributed by atoms with E-state index in [1.165, 1.54) is 27.6 Å². The molecule has 1 heterocycles. The number of hydrogen-bond acceptors (Lipinski definition) is 5. The number of carbonyl (C=O) groups is 1. The minimum Gasteiger partial charge on any atom is -0.349 e. The number of halogens is 2. The number of carbonyl (C=O) groups excluding carboxylic acids is 1. The molecule has 0 radical (unpaired) electrons. The minimum absolute atomic E-state index is 0.0484. The van der Waals surface area contributed by atoms with Gasteiger partial charge in [0.05, 0.1) is 16.8 Å². The Balaban J connectivity index is 1.41. The molecule has 0 spiro atoms. The van der Waals surface area contributed by atoms with Gasteiger partial charge in [0.15, 0.2) is 5.82 Å². The highest BCUT2D eigenvalue weighted by Crippen LogP contribution is 2.31. The van der Waals surface area contributed by atoms with Gasteiger partial charge in [-0.3, -0.25) is 4.79 Å². The van der Waals surface area contributed by atoms with Gasteiger partial charge in [-0.2, -0.15) is 0 Å². The van der Waals surface area contributed by atoms with Gasteiger partial charge in [0.1, 0.15) is 0 Å². The first-order chi connectivity index (χ1) is 14.0. The van der Waals surface area contributed by atoms with Crippen LogP contribution in [0.15, 0.2) is 47.6 Å². The molecule has 0 saturated carbocycles. The summed E-state index contributed by atoms with van der Waals surface area (Å²) in [5.41, 5.74) is 3.14. The number of hydrogen-bond donors (Lipinski definition) is 2. The lowest BCUT2D eigenvalue weighted by Crippen LogP contribution is -2.32. The Morgan fingerprint density at radius 2 is 2.07 bits per heavy atom. The maximum absolute atomic E-state index is 12.5. The number of nitrogens with zero attached hydrogens (tertiary/aromatic N) is 3. The third-order valence-electron chi connectivity index (χ3n) is 4.87. The quantitative estimate of drug-likeness (QED) is 0.450. The van der Waals surface area contributed by atoms with Crippen molar-refractivity contribution in [2.45, 2.75) is 30.5 Å². The number of benzene rings is 2. The summed E-state index contributed by atoms with van der Waals surface area (Å²) in [6, 6.07) is 13.4. The maximum atomic E-state index is 12.5. The number of rotatable bonds is 5. The topological polar surface area (TPSA) is 85.8 Å². The number of thioether (sulfide) groups is 1. The van der Waals surface area contributed by atoms with Crippen LogP contribution in [0.3, 0.4) is 0 Å². The van der Waals surface area contributed by atoms with Gasteiger partial charge >= 0.3 is 0 Å². The summed E-state index contributed by atoms with van der Waals surface area (Å²) in [5, 5.41) is 12.7. The van der Waals surface area contributed by atoms with Crippen molar-refractivity contribution in [1.29, 1.82) is 0 Å². The minimum atomic E-state index is -0.0641. The molecule has 3 aromatic rings. The first-order valence-electron chi connectivity index (χ1n) is 9.19. The average Bonchev–Trinajstić information content (AvgIpc) is 3.07. The van der Waals surface area contributed by atoms with E-state index in [1.807, 2.05) is 12.1 Å². The van der Waals surface area contributed by atoms with Crippen molar-refractivity contribution >= 4 is 40.9 Å². The van der Waals surface area contributed by atoms with Gasteiger partial charge < -0.3 is 11.2 Å². The van der Waals surface area contributed by atoms with E-state index in [0.717, 1.165) is 19.3 Å². The van der Waals surface area contributed by atoms with Gasteiger partial charge in [-0.05, 0) is 48.6 Å². The molecule has 0 fully saturated rings. The largest absolute Gasteiger partial charge is 0.349 e. The van der Waals surface area contributed by atoms with Crippen molar-refractivity contribution in [2.24, 2.45) is 0 Å². The predicted molar refractivity (Wildman–Crippen MR) is 117 cm³/mol. The van der Waals surface area contributed by atoms with Crippen LogP contribution < -0.4 is 11.2 Å². The van der Waals surface area contributed by atoms with Crippen LogP contribution in [0.5, 0.6) is 0 Å². The zero-order chi connectivity index (χ0) is 20.4. The van der Waals surface area contributed by atoms with E-state index in [0.29, 0.717) is 26.6 Å². The normalized spacial score (nSPS) is 15.7. The average molecular weight is 448 g/mol. The molecule has 3 N–H and O–H groups in total. The van der Waals surface area contributed by atoms with Gasteiger partial charge in [0.25, 0.3) is 0 Å². The molecular formula is C20H19Cl2N5OS. The molecule has 150 valence electrons. The Hall–Kier alpha value is -2.22. The number of nitrogens with two attached hydrogens (primary N) is 1. The van der Waals surface area contributed by atoms with Crippen LogP contribution in [0.1, 0.15) is 30.0 Å². The van der Waals surface area contributed by atoms with Crippen LogP contribution in [-0.2, 0) is 11.2 Å². The summed E-state index contributed by atoms with van der Waals surface area (Å²) in [6.45, 7) is 0. The Bertz CT molecular complexity index is 1060. The zero-order valence-electron chi connectivity index (χ0n) is 15.4. The molecule has 1 aliphatic carbocycles. The van der Waals surface area contributed by atoms with Crippen LogP contribution in [0.4, 0.5) is 0 Å². The summed E-state index contributed by atoms with van der Waals surface area (Å²) < 4.78 is 1.34. The zero-order valence-corrected chi connectivity index (χ0v) is 17.8. The van der Waals surface area contributed by atoms with Crippen LogP contribution in [0, 0.1) is 0 Å². The van der Waals surface area contributed by atoms with Crippen LogP contribution >= 0.6 is 35.0 Å². The van der Waals surface area contributed by atoms with Gasteiger partial charge in [-0.25, -0.2) is 4.68 Å². The second-order valence-electron chi connectivity index (χ2n) is 6.80. The SMILES string of the molecule is Nn1c(SCC(=O)NC2CCCc3ccccc32)nnc1-c1ccc(Cl)cc1Cl. The smallest absolute Gasteiger partial charge is 0.230 e. The van der Waals surface area contributed by atoms with Crippen molar-refractivity contribution in [3.8, 4) is 11.4 Å². The van der Waals surface area contributed by atoms with Crippen molar-refractivity contribution < 1.29 is 4.79 Å². The van der Waals surface area contributed by atoms with Crippen molar-refractivity contribution in [1.82, 2.24) is 20.2 Å². The second kappa shape index (κ2) is 8.65. The highest BCUT2D eigenvalue weighted by molar-refractivity contribution is 7.99. The van der Waals surface area contributed by atoms with Gasteiger partial charge in [0, 0.05) is 10.6 Å². The molecule has 1 aliphatic rings. The monoisotopic (exact) mass is 447 g/mol. The van der Waals surface area contributed by atoms with Gasteiger partial charge in [0.2, 0.25) is 11.1 Å². The number of nitrogen functional groups attached to an aromatic ring is 1. The lowest BCUT2D eigenvalue weighted by Gasteiger charge is -2.26. The van der Waals surface area contributed by atoms with Crippen molar-refractivity contribution in [2.75, 3.05) is 11.6 Å². The third-order valence-corrected chi connectivity index (χ3v) is 6.36. The van der Waals surface area contributed by atoms with Crippen LogP contribution in [0.2, 0.25) is 10.0 Å². The second-order valence-corrected chi connectivity index (χ2v) is 8.59. The van der Waals surface area contributed by atoms with E-state index in [9.17, 15) is 4.79 Å². The van der Waals surface area contributed by atoms with E-state index in [1.54, 1.807) is 18.2 Å². The van der Waals surface area contributed by atoms with E-state index in [4.69, 9.17) is 29.0 Å². The molecule has 2 aromatic carbocycles. The van der Waals surface area contributed by atoms with Gasteiger partial charge in [-0.15, -0.1) is 10.2 Å². The highest BCUT2D eigenvalue weighted by atomic mass is 35.5. The molecule has 29 heavy (non-hydrogen) atoms. The summed E-state index contributed by atoms with van der Waals surface area (Å²) in [4.78, 5) is 12.5. The van der Waals surface area contributed by atoms with Crippen LogP contribution in [-0.4, -0.2) is 26.5 Å². The standard InChI is InChI=1S/C20H19Cl2N5OS/c21-13-8-9-15(16(22)10-13)19-25-26-20(27(19)23)29-11-18(28)24-17-7-3-5-12-4-1-2-6-14(12)17/h1-2,4,6,8-10,17H,3,5,7,11,23H2,(H,24,28). The lowest BCUT2D eigenvalue weighted by molar-refractivity contribution is -0.119. The Morgan fingerprint density at radius 1 is 1.24 bits per heavy atom. The summed E-state index contributed by atoms with van der Waals surface area (Å²) in [5.74, 6) is 6.67. The fourth-order valence-corrected chi connectivity index (χ4v) is 4.66. The predicted octanol–water partition coefficient (Wildman–Crippen LogP) is 4.25. The molecule has 1 unspecified atom stereocenters. The molecule has 1 amide bonds. The molecule has 1 aromatic heterocycles. The number of fused-ring (bicyclic) bond motifs is 1. The number of amides is 1. The first-order valence-corrected chi connectivity index (χ1v) is 10.9. The molecule has 4 rings (SSSR count). The summed E-state index contributed by atoms with van der Waals surface area (Å²) in [6.07, 6.45) is 3.07. The molecular weight excluding hydrogens is 429 g/mol. The fourth-order valence-electron chi connectivity index (χ4n) is 3.50. The first kappa shape index (κ1) is 20.1.